The molecule has 6 heteroatoms. The van der Waals surface area contributed by atoms with Crippen LogP contribution in [0.2, 0.25) is 0 Å². The maximum atomic E-state index is 13.9. The van der Waals surface area contributed by atoms with E-state index in [0.29, 0.717) is 11.3 Å². The minimum Gasteiger partial charge on any atom is -0.349 e. The molecule has 0 radical (unpaired) electrons. The molecule has 0 aliphatic carbocycles. The maximum absolute atomic E-state index is 13.9. The summed E-state index contributed by atoms with van der Waals surface area (Å²) in [5.41, 5.74) is 3.05. The molecule has 0 atom stereocenters. The van der Waals surface area contributed by atoms with Crippen molar-refractivity contribution >= 4 is 17.5 Å². The highest BCUT2D eigenvalue weighted by molar-refractivity contribution is 6.05. The molecule has 3 rings (SSSR count). The minimum absolute atomic E-state index is 0.0309. The standard InChI is InChI=1S/C25H30FN3O2/c1-17(2)10-13-29-14-11-20(12-15-29)27-24(30)19-9-8-18(3)23(16-19)28-25(31)21-6-4-5-7-22(21)26/h4-10,16,20H,11-15H2,1-3H3,(H,27,30)(H,28,31). The third-order valence-electron chi connectivity index (χ3n) is 5.55. The minimum atomic E-state index is -0.581. The van der Waals surface area contributed by atoms with Crippen LogP contribution in [0.15, 0.2) is 54.1 Å². The molecule has 0 unspecified atom stereocenters. The molecule has 0 spiro atoms. The number of allylic oxidation sites excluding steroid dienone is 1. The molecule has 31 heavy (non-hydrogen) atoms. The number of carbonyl (C=O) groups is 2. The number of carbonyl (C=O) groups excluding carboxylic acids is 2. The van der Waals surface area contributed by atoms with Crippen LogP contribution in [-0.2, 0) is 0 Å². The average molecular weight is 424 g/mol. The predicted molar refractivity (Wildman–Crippen MR) is 122 cm³/mol. The molecule has 1 saturated heterocycles. The van der Waals surface area contributed by atoms with Crippen LogP contribution in [0, 0.1) is 12.7 Å². The topological polar surface area (TPSA) is 61.4 Å². The number of amides is 2. The summed E-state index contributed by atoms with van der Waals surface area (Å²) in [7, 11) is 0. The van der Waals surface area contributed by atoms with E-state index in [1.807, 2.05) is 6.92 Å². The van der Waals surface area contributed by atoms with Gasteiger partial charge in [-0.05, 0) is 63.4 Å². The van der Waals surface area contributed by atoms with Gasteiger partial charge in [0.15, 0.2) is 0 Å². The maximum Gasteiger partial charge on any atom is 0.258 e. The summed E-state index contributed by atoms with van der Waals surface area (Å²) < 4.78 is 13.9. The molecule has 0 aromatic heterocycles. The fourth-order valence-corrected chi connectivity index (χ4v) is 3.57. The van der Waals surface area contributed by atoms with Crippen molar-refractivity contribution in [1.82, 2.24) is 10.2 Å². The van der Waals surface area contributed by atoms with Crippen LogP contribution in [0.25, 0.3) is 0 Å². The number of anilines is 1. The second-order valence-corrected chi connectivity index (χ2v) is 8.29. The summed E-state index contributed by atoms with van der Waals surface area (Å²) in [6, 6.07) is 11.1. The van der Waals surface area contributed by atoms with Crippen molar-refractivity contribution in [3.63, 3.8) is 0 Å². The highest BCUT2D eigenvalue weighted by Gasteiger charge is 2.21. The van der Waals surface area contributed by atoms with Crippen molar-refractivity contribution in [3.8, 4) is 0 Å². The zero-order valence-electron chi connectivity index (χ0n) is 18.4. The lowest BCUT2D eigenvalue weighted by Gasteiger charge is -2.31. The number of benzene rings is 2. The van der Waals surface area contributed by atoms with Crippen LogP contribution < -0.4 is 10.6 Å². The first kappa shape index (κ1) is 22.7. The molecule has 0 bridgehead atoms. The molecule has 2 amide bonds. The van der Waals surface area contributed by atoms with Gasteiger partial charge in [0.1, 0.15) is 5.82 Å². The van der Waals surface area contributed by atoms with E-state index >= 15 is 0 Å². The molecule has 2 aromatic carbocycles. The zero-order chi connectivity index (χ0) is 22.4. The number of piperidine rings is 1. The van der Waals surface area contributed by atoms with Gasteiger partial charge < -0.3 is 10.6 Å². The van der Waals surface area contributed by atoms with E-state index in [1.165, 1.54) is 23.8 Å². The van der Waals surface area contributed by atoms with Crippen LogP contribution in [-0.4, -0.2) is 42.4 Å². The monoisotopic (exact) mass is 423 g/mol. The highest BCUT2D eigenvalue weighted by atomic mass is 19.1. The number of hydrogen-bond donors (Lipinski definition) is 2. The molecule has 1 heterocycles. The van der Waals surface area contributed by atoms with E-state index in [1.54, 1.807) is 24.3 Å². The lowest BCUT2D eigenvalue weighted by Crippen LogP contribution is -2.44. The summed E-state index contributed by atoms with van der Waals surface area (Å²) in [6.07, 6.45) is 4.04. The fraction of sp³-hybridized carbons (Fsp3) is 0.360. The summed E-state index contributed by atoms with van der Waals surface area (Å²) in [6.45, 7) is 8.88. The SMILES string of the molecule is CC(C)=CCN1CCC(NC(=O)c2ccc(C)c(NC(=O)c3ccccc3F)c2)CC1. The Morgan fingerprint density at radius 1 is 1.10 bits per heavy atom. The Balaban J connectivity index is 1.61. The van der Waals surface area contributed by atoms with Crippen molar-refractivity contribution in [2.45, 2.75) is 39.7 Å². The first-order chi connectivity index (χ1) is 14.8. The molecular weight excluding hydrogens is 393 g/mol. The smallest absolute Gasteiger partial charge is 0.258 e. The van der Waals surface area contributed by atoms with Crippen molar-refractivity contribution in [2.24, 2.45) is 0 Å². The van der Waals surface area contributed by atoms with Crippen molar-refractivity contribution in [3.05, 3.63) is 76.6 Å². The summed E-state index contributed by atoms with van der Waals surface area (Å²) >= 11 is 0. The van der Waals surface area contributed by atoms with E-state index in [0.717, 1.165) is 38.0 Å². The van der Waals surface area contributed by atoms with Gasteiger partial charge in [0, 0.05) is 36.9 Å². The van der Waals surface area contributed by atoms with E-state index in [4.69, 9.17) is 0 Å². The first-order valence-corrected chi connectivity index (χ1v) is 10.7. The van der Waals surface area contributed by atoms with E-state index in [2.05, 4.69) is 35.5 Å². The Morgan fingerprint density at radius 3 is 2.48 bits per heavy atom. The quantitative estimate of drug-likeness (QED) is 0.671. The molecule has 1 fully saturated rings. The van der Waals surface area contributed by atoms with Crippen molar-refractivity contribution in [1.29, 1.82) is 0 Å². The van der Waals surface area contributed by atoms with Gasteiger partial charge in [-0.2, -0.15) is 0 Å². The van der Waals surface area contributed by atoms with Gasteiger partial charge in [-0.1, -0.05) is 29.8 Å². The highest BCUT2D eigenvalue weighted by Crippen LogP contribution is 2.20. The number of nitrogens with zero attached hydrogens (tertiary/aromatic N) is 1. The van der Waals surface area contributed by atoms with Gasteiger partial charge in [-0.25, -0.2) is 4.39 Å². The second kappa shape index (κ2) is 10.4. The largest absolute Gasteiger partial charge is 0.349 e. The molecule has 1 aliphatic rings. The second-order valence-electron chi connectivity index (χ2n) is 8.29. The van der Waals surface area contributed by atoms with Crippen LogP contribution in [0.3, 0.4) is 0 Å². The summed E-state index contributed by atoms with van der Waals surface area (Å²) in [5, 5.41) is 5.83. The van der Waals surface area contributed by atoms with Crippen LogP contribution >= 0.6 is 0 Å². The summed E-state index contributed by atoms with van der Waals surface area (Å²) in [4.78, 5) is 27.6. The Labute approximate surface area is 183 Å². The van der Waals surface area contributed by atoms with Crippen LogP contribution in [0.5, 0.6) is 0 Å². The number of rotatable bonds is 6. The lowest BCUT2D eigenvalue weighted by atomic mass is 10.0. The summed E-state index contributed by atoms with van der Waals surface area (Å²) in [5.74, 6) is -1.28. The Morgan fingerprint density at radius 2 is 1.81 bits per heavy atom. The van der Waals surface area contributed by atoms with Gasteiger partial charge in [-0.3, -0.25) is 14.5 Å². The molecule has 164 valence electrons. The van der Waals surface area contributed by atoms with Crippen molar-refractivity contribution < 1.29 is 14.0 Å². The number of likely N-dealkylation sites (tertiary alicyclic amines) is 1. The van der Waals surface area contributed by atoms with E-state index in [-0.39, 0.29) is 17.5 Å². The molecule has 2 N–H and O–H groups in total. The van der Waals surface area contributed by atoms with E-state index < -0.39 is 11.7 Å². The molecule has 2 aromatic rings. The molecule has 0 saturated carbocycles. The molecule has 1 aliphatic heterocycles. The third kappa shape index (κ3) is 6.25. The number of nitrogens with one attached hydrogen (secondary N) is 2. The predicted octanol–water partition coefficient (Wildman–Crippen LogP) is 4.55. The zero-order valence-corrected chi connectivity index (χ0v) is 18.4. The molecule has 5 nitrogen and oxygen atoms in total. The first-order valence-electron chi connectivity index (χ1n) is 10.7. The molecular formula is C25H30FN3O2. The number of halogens is 1. The van der Waals surface area contributed by atoms with Gasteiger partial charge >= 0.3 is 0 Å². The number of aryl methyl sites for hydroxylation is 1. The normalized spacial score (nSPS) is 14.7. The van der Waals surface area contributed by atoms with Gasteiger partial charge in [-0.15, -0.1) is 0 Å². The average Bonchev–Trinajstić information content (AvgIpc) is 2.75. The van der Waals surface area contributed by atoms with Crippen molar-refractivity contribution in [2.75, 3.05) is 25.0 Å². The Bertz CT molecular complexity index is 974. The lowest BCUT2D eigenvalue weighted by molar-refractivity contribution is 0.0913. The number of hydrogen-bond acceptors (Lipinski definition) is 3. The third-order valence-corrected chi connectivity index (χ3v) is 5.55. The van der Waals surface area contributed by atoms with Crippen LogP contribution in [0.4, 0.5) is 10.1 Å². The van der Waals surface area contributed by atoms with E-state index in [9.17, 15) is 14.0 Å². The Kier molecular flexibility index (Phi) is 7.58. The fourth-order valence-electron chi connectivity index (χ4n) is 3.57. The van der Waals surface area contributed by atoms with Crippen LogP contribution in [0.1, 0.15) is 53.0 Å². The Hall–Kier alpha value is -2.99. The van der Waals surface area contributed by atoms with Gasteiger partial charge in [0.05, 0.1) is 5.56 Å². The van der Waals surface area contributed by atoms with Gasteiger partial charge in [0.2, 0.25) is 0 Å². The van der Waals surface area contributed by atoms with Gasteiger partial charge in [0.25, 0.3) is 11.8 Å².